The second-order valence-corrected chi connectivity index (χ2v) is 5.16. The number of hydrogen-bond acceptors (Lipinski definition) is 2. The van der Waals surface area contributed by atoms with Crippen LogP contribution in [0.1, 0.15) is 45.1 Å². The smallest absolute Gasteiger partial charge is 0.111 e. The molecule has 14 heavy (non-hydrogen) atoms. The summed E-state index contributed by atoms with van der Waals surface area (Å²) in [6.45, 7) is 7.44. The molecule has 2 N–H and O–H groups in total. The number of nitrogens with one attached hydrogen (secondary N) is 2. The SMILES string of the molecule is CC(C)(C)c1ncc(CNC2CC2)[nH]1. The molecule has 3 nitrogen and oxygen atoms in total. The van der Waals surface area contributed by atoms with E-state index in [1.165, 1.54) is 18.5 Å². The number of hydrogen-bond donors (Lipinski definition) is 2. The first kappa shape index (κ1) is 9.71. The van der Waals surface area contributed by atoms with Gasteiger partial charge in [0.05, 0.1) is 0 Å². The van der Waals surface area contributed by atoms with E-state index in [9.17, 15) is 0 Å². The number of rotatable bonds is 3. The van der Waals surface area contributed by atoms with E-state index in [4.69, 9.17) is 0 Å². The molecule has 0 radical (unpaired) electrons. The van der Waals surface area contributed by atoms with Crippen molar-refractivity contribution in [3.63, 3.8) is 0 Å². The second-order valence-electron chi connectivity index (χ2n) is 5.16. The monoisotopic (exact) mass is 193 g/mol. The van der Waals surface area contributed by atoms with Gasteiger partial charge in [-0.3, -0.25) is 0 Å². The van der Waals surface area contributed by atoms with E-state index in [1.807, 2.05) is 6.20 Å². The van der Waals surface area contributed by atoms with Crippen molar-refractivity contribution < 1.29 is 0 Å². The molecule has 78 valence electrons. The minimum absolute atomic E-state index is 0.123. The summed E-state index contributed by atoms with van der Waals surface area (Å²) in [4.78, 5) is 7.75. The topological polar surface area (TPSA) is 40.7 Å². The van der Waals surface area contributed by atoms with Gasteiger partial charge < -0.3 is 10.3 Å². The highest BCUT2D eigenvalue weighted by molar-refractivity contribution is 5.08. The molecule has 1 aliphatic rings. The summed E-state index contributed by atoms with van der Waals surface area (Å²) in [5.41, 5.74) is 1.32. The number of aromatic nitrogens is 2. The van der Waals surface area contributed by atoms with Gasteiger partial charge in [0.2, 0.25) is 0 Å². The van der Waals surface area contributed by atoms with Crippen LogP contribution in [0.2, 0.25) is 0 Å². The summed E-state index contributed by atoms with van der Waals surface area (Å²) in [6.07, 6.45) is 4.61. The largest absolute Gasteiger partial charge is 0.344 e. The molecule has 1 aromatic rings. The Kier molecular flexibility index (Phi) is 2.35. The molecule has 0 aliphatic heterocycles. The lowest BCUT2D eigenvalue weighted by molar-refractivity contribution is 0.549. The van der Waals surface area contributed by atoms with Crippen molar-refractivity contribution in [2.45, 2.75) is 51.6 Å². The fourth-order valence-electron chi connectivity index (χ4n) is 1.37. The third kappa shape index (κ3) is 2.35. The minimum Gasteiger partial charge on any atom is -0.344 e. The Labute approximate surface area is 85.3 Å². The summed E-state index contributed by atoms with van der Waals surface area (Å²) >= 11 is 0. The number of aromatic amines is 1. The van der Waals surface area contributed by atoms with E-state index in [0.717, 1.165) is 18.4 Å². The van der Waals surface area contributed by atoms with Gasteiger partial charge in [-0.05, 0) is 12.8 Å². The zero-order chi connectivity index (χ0) is 10.2. The van der Waals surface area contributed by atoms with E-state index in [2.05, 4.69) is 36.1 Å². The Morgan fingerprint density at radius 2 is 2.21 bits per heavy atom. The predicted molar refractivity (Wildman–Crippen MR) is 57.1 cm³/mol. The maximum absolute atomic E-state index is 4.39. The summed E-state index contributed by atoms with van der Waals surface area (Å²) in [5.74, 6) is 1.07. The summed E-state index contributed by atoms with van der Waals surface area (Å²) < 4.78 is 0. The van der Waals surface area contributed by atoms with Crippen molar-refractivity contribution in [3.8, 4) is 0 Å². The van der Waals surface area contributed by atoms with E-state index in [0.29, 0.717) is 0 Å². The van der Waals surface area contributed by atoms with Gasteiger partial charge in [0.15, 0.2) is 0 Å². The molecular formula is C11H19N3. The normalized spacial score (nSPS) is 17.4. The van der Waals surface area contributed by atoms with Gasteiger partial charge in [0, 0.05) is 29.9 Å². The quantitative estimate of drug-likeness (QED) is 0.770. The Hall–Kier alpha value is -0.830. The van der Waals surface area contributed by atoms with E-state index >= 15 is 0 Å². The third-order valence-electron chi connectivity index (χ3n) is 2.50. The van der Waals surface area contributed by atoms with E-state index in [-0.39, 0.29) is 5.41 Å². The van der Waals surface area contributed by atoms with Crippen LogP contribution in [0.25, 0.3) is 0 Å². The standard InChI is InChI=1S/C11H19N3/c1-11(2,3)10-13-7-9(14-10)6-12-8-4-5-8/h7-8,12H,4-6H2,1-3H3,(H,13,14). The van der Waals surface area contributed by atoms with Crippen molar-refractivity contribution in [1.29, 1.82) is 0 Å². The highest BCUT2D eigenvalue weighted by Gasteiger charge is 2.21. The molecule has 1 fully saturated rings. The van der Waals surface area contributed by atoms with Crippen molar-refractivity contribution in [2.75, 3.05) is 0 Å². The molecule has 0 unspecified atom stereocenters. The highest BCUT2D eigenvalue weighted by atomic mass is 15.0. The van der Waals surface area contributed by atoms with Gasteiger partial charge in [-0.1, -0.05) is 20.8 Å². The summed E-state index contributed by atoms with van der Waals surface area (Å²) in [5, 5.41) is 3.47. The molecule has 0 spiro atoms. The third-order valence-corrected chi connectivity index (χ3v) is 2.50. The van der Waals surface area contributed by atoms with Crippen molar-refractivity contribution in [1.82, 2.24) is 15.3 Å². The number of H-pyrrole nitrogens is 1. The average Bonchev–Trinajstić information content (AvgIpc) is 2.77. The molecule has 2 rings (SSSR count). The molecule has 0 aromatic carbocycles. The van der Waals surface area contributed by atoms with Gasteiger partial charge in [-0.25, -0.2) is 4.98 Å². The Bertz CT molecular complexity index is 305. The van der Waals surface area contributed by atoms with Crippen LogP contribution in [0.3, 0.4) is 0 Å². The lowest BCUT2D eigenvalue weighted by Crippen LogP contribution is -2.16. The first-order valence-electron chi connectivity index (χ1n) is 5.33. The molecule has 1 heterocycles. The zero-order valence-electron chi connectivity index (χ0n) is 9.22. The van der Waals surface area contributed by atoms with Crippen LogP contribution in [-0.2, 0) is 12.0 Å². The highest BCUT2D eigenvalue weighted by Crippen LogP contribution is 2.20. The molecule has 0 saturated heterocycles. The molecular weight excluding hydrogens is 174 g/mol. The van der Waals surface area contributed by atoms with Gasteiger partial charge in [0.25, 0.3) is 0 Å². The predicted octanol–water partition coefficient (Wildman–Crippen LogP) is 1.96. The van der Waals surface area contributed by atoms with Crippen molar-refractivity contribution in [3.05, 3.63) is 17.7 Å². The summed E-state index contributed by atoms with van der Waals surface area (Å²) in [7, 11) is 0. The maximum Gasteiger partial charge on any atom is 0.111 e. The van der Waals surface area contributed by atoms with Crippen LogP contribution in [0.4, 0.5) is 0 Å². The van der Waals surface area contributed by atoms with E-state index < -0.39 is 0 Å². The molecule has 0 amide bonds. The van der Waals surface area contributed by atoms with Crippen LogP contribution in [0.15, 0.2) is 6.20 Å². The van der Waals surface area contributed by atoms with Crippen LogP contribution < -0.4 is 5.32 Å². The first-order valence-corrected chi connectivity index (χ1v) is 5.33. The molecule has 1 aliphatic carbocycles. The van der Waals surface area contributed by atoms with Gasteiger partial charge in [-0.15, -0.1) is 0 Å². The Balaban J connectivity index is 1.94. The van der Waals surface area contributed by atoms with Crippen LogP contribution in [0, 0.1) is 0 Å². The lowest BCUT2D eigenvalue weighted by atomic mass is 9.96. The molecule has 3 heteroatoms. The van der Waals surface area contributed by atoms with Crippen LogP contribution in [-0.4, -0.2) is 16.0 Å². The van der Waals surface area contributed by atoms with Crippen LogP contribution >= 0.6 is 0 Å². The first-order chi connectivity index (χ1) is 6.55. The fourth-order valence-corrected chi connectivity index (χ4v) is 1.37. The number of imidazole rings is 1. The van der Waals surface area contributed by atoms with Gasteiger partial charge >= 0.3 is 0 Å². The molecule has 0 atom stereocenters. The zero-order valence-corrected chi connectivity index (χ0v) is 9.22. The van der Waals surface area contributed by atoms with Gasteiger partial charge in [-0.2, -0.15) is 0 Å². The van der Waals surface area contributed by atoms with E-state index in [1.54, 1.807) is 0 Å². The molecule has 1 saturated carbocycles. The van der Waals surface area contributed by atoms with Crippen molar-refractivity contribution >= 4 is 0 Å². The summed E-state index contributed by atoms with van der Waals surface area (Å²) in [6, 6.07) is 0.761. The van der Waals surface area contributed by atoms with Crippen molar-refractivity contribution in [2.24, 2.45) is 0 Å². The molecule has 1 aromatic heterocycles. The number of nitrogens with zero attached hydrogens (tertiary/aromatic N) is 1. The Morgan fingerprint density at radius 1 is 1.50 bits per heavy atom. The van der Waals surface area contributed by atoms with Crippen LogP contribution in [0.5, 0.6) is 0 Å². The maximum atomic E-state index is 4.39. The lowest BCUT2D eigenvalue weighted by Gasteiger charge is -2.14. The molecule has 0 bridgehead atoms. The fraction of sp³-hybridized carbons (Fsp3) is 0.727. The second kappa shape index (κ2) is 3.39. The minimum atomic E-state index is 0.123. The average molecular weight is 193 g/mol. The Morgan fingerprint density at radius 3 is 2.71 bits per heavy atom. The van der Waals surface area contributed by atoms with Gasteiger partial charge in [0.1, 0.15) is 5.82 Å².